The topological polar surface area (TPSA) is 90.0 Å². The largest absolute Gasteiger partial charge is 0.357 e. The minimum Gasteiger partial charge on any atom is -0.357 e. The van der Waals surface area contributed by atoms with Crippen LogP contribution in [0.5, 0.6) is 0 Å². The maximum absolute atomic E-state index is 13.5. The zero-order valence-corrected chi connectivity index (χ0v) is 20.1. The first kappa shape index (κ1) is 25.4. The molecule has 0 aliphatic rings. The number of rotatable bonds is 10. The third-order valence-corrected chi connectivity index (χ3v) is 6.99. The van der Waals surface area contributed by atoms with E-state index in [0.29, 0.717) is 12.1 Å². The lowest BCUT2D eigenvalue weighted by Crippen LogP contribution is -2.52. The number of aryl methyl sites for hydroxylation is 1. The van der Waals surface area contributed by atoms with Gasteiger partial charge < -0.3 is 10.2 Å². The fourth-order valence-electron chi connectivity index (χ4n) is 3.29. The van der Waals surface area contributed by atoms with E-state index < -0.39 is 28.7 Å². The number of carbonyl (C=O) groups excluding carboxylic acids is 2. The maximum atomic E-state index is 13.5. The van der Waals surface area contributed by atoms with Crippen LogP contribution < -0.4 is 9.62 Å². The Morgan fingerprint density at radius 3 is 2.09 bits per heavy atom. The molecule has 1 unspecified atom stereocenters. The van der Waals surface area contributed by atoms with Gasteiger partial charge in [0, 0.05) is 27.7 Å². The van der Waals surface area contributed by atoms with Gasteiger partial charge in [-0.1, -0.05) is 55.0 Å². The van der Waals surface area contributed by atoms with Gasteiger partial charge in [0.05, 0.1) is 5.69 Å². The second-order valence-electron chi connectivity index (χ2n) is 7.68. The van der Waals surface area contributed by atoms with E-state index in [2.05, 4.69) is 5.32 Å². The quantitative estimate of drug-likeness (QED) is 0.588. The van der Waals surface area contributed by atoms with Crippen molar-refractivity contribution in [3.05, 3.63) is 65.7 Å². The molecule has 9 heteroatoms. The third-order valence-electron chi connectivity index (χ3n) is 5.17. The Hall–Kier alpha value is -2.91. The smallest absolute Gasteiger partial charge is 0.304 e. The summed E-state index contributed by atoms with van der Waals surface area (Å²) in [7, 11) is 0.413. The summed E-state index contributed by atoms with van der Waals surface area (Å²) < 4.78 is 28.2. The molecular formula is C23H32N4O4S. The summed E-state index contributed by atoms with van der Waals surface area (Å²) in [5.74, 6) is -0.759. The number of nitrogens with one attached hydrogen (secondary N) is 1. The Balaban J connectivity index is 2.45. The number of nitrogens with zero attached hydrogens (tertiary/aromatic N) is 3. The number of benzene rings is 2. The van der Waals surface area contributed by atoms with E-state index in [0.717, 1.165) is 19.7 Å². The second kappa shape index (κ2) is 11.1. The zero-order chi connectivity index (χ0) is 23.9. The molecule has 2 amide bonds. The van der Waals surface area contributed by atoms with Crippen LogP contribution in [-0.2, 0) is 26.3 Å². The van der Waals surface area contributed by atoms with Crippen LogP contribution in [0, 0.1) is 6.92 Å². The molecule has 0 aliphatic carbocycles. The van der Waals surface area contributed by atoms with E-state index in [-0.39, 0.29) is 12.5 Å². The Morgan fingerprint density at radius 2 is 1.59 bits per heavy atom. The predicted molar refractivity (Wildman–Crippen MR) is 126 cm³/mol. The summed E-state index contributed by atoms with van der Waals surface area (Å²) in [6, 6.07) is 15.4. The molecule has 1 N–H and O–H groups in total. The molecule has 2 aromatic carbocycles. The molecule has 0 aliphatic heterocycles. The van der Waals surface area contributed by atoms with Crippen molar-refractivity contribution >= 4 is 27.7 Å². The summed E-state index contributed by atoms with van der Waals surface area (Å²) >= 11 is 0. The average Bonchev–Trinajstić information content (AvgIpc) is 2.78. The van der Waals surface area contributed by atoms with Crippen LogP contribution in [0.3, 0.4) is 0 Å². The molecule has 2 rings (SSSR count). The number of hydrogen-bond donors (Lipinski definition) is 1. The van der Waals surface area contributed by atoms with Crippen LogP contribution in [-0.4, -0.2) is 63.2 Å². The van der Waals surface area contributed by atoms with E-state index >= 15 is 0 Å². The van der Waals surface area contributed by atoms with Gasteiger partial charge in [-0.05, 0) is 31.0 Å². The van der Waals surface area contributed by atoms with Crippen molar-refractivity contribution < 1.29 is 18.0 Å². The first-order valence-electron chi connectivity index (χ1n) is 10.4. The van der Waals surface area contributed by atoms with Gasteiger partial charge in [0.2, 0.25) is 11.8 Å². The minimum absolute atomic E-state index is 0.190. The highest BCUT2D eigenvalue weighted by Gasteiger charge is 2.33. The molecule has 174 valence electrons. The lowest BCUT2D eigenvalue weighted by Gasteiger charge is -2.33. The highest BCUT2D eigenvalue weighted by molar-refractivity contribution is 7.90. The van der Waals surface area contributed by atoms with Crippen molar-refractivity contribution in [3.8, 4) is 0 Å². The van der Waals surface area contributed by atoms with Crippen LogP contribution in [0.4, 0.5) is 5.69 Å². The first-order chi connectivity index (χ1) is 15.1. The van der Waals surface area contributed by atoms with E-state index in [4.69, 9.17) is 0 Å². The molecular weight excluding hydrogens is 428 g/mol. The van der Waals surface area contributed by atoms with Gasteiger partial charge >= 0.3 is 10.2 Å². The summed E-state index contributed by atoms with van der Waals surface area (Å²) in [4.78, 5) is 27.5. The first-order valence-corrected chi connectivity index (χ1v) is 11.8. The van der Waals surface area contributed by atoms with Crippen molar-refractivity contribution in [1.82, 2.24) is 14.5 Å². The van der Waals surface area contributed by atoms with E-state index in [9.17, 15) is 18.0 Å². The summed E-state index contributed by atoms with van der Waals surface area (Å²) in [5.41, 5.74) is 2.31. The maximum Gasteiger partial charge on any atom is 0.304 e. The summed E-state index contributed by atoms with van der Waals surface area (Å²) in [5, 5.41) is 2.61. The SMILES string of the molecule is CCC(C(=O)NC)N(Cc1ccc(C)cc1)C(=O)CN(c1ccccc1)S(=O)(=O)N(C)C. The second-order valence-corrected chi connectivity index (χ2v) is 9.74. The van der Waals surface area contributed by atoms with Crippen LogP contribution in [0.15, 0.2) is 54.6 Å². The molecule has 8 nitrogen and oxygen atoms in total. The number of carbonyl (C=O) groups is 2. The van der Waals surface area contributed by atoms with Gasteiger partial charge in [0.1, 0.15) is 12.6 Å². The summed E-state index contributed by atoms with van der Waals surface area (Å²) in [6.07, 6.45) is 0.392. The molecule has 1 atom stereocenters. The highest BCUT2D eigenvalue weighted by atomic mass is 32.2. The Kier molecular flexibility index (Phi) is 8.80. The zero-order valence-electron chi connectivity index (χ0n) is 19.3. The molecule has 0 fully saturated rings. The van der Waals surface area contributed by atoms with Crippen molar-refractivity contribution in [2.75, 3.05) is 32.0 Å². The van der Waals surface area contributed by atoms with Crippen molar-refractivity contribution in [1.29, 1.82) is 0 Å². The molecule has 0 spiro atoms. The number of anilines is 1. The van der Waals surface area contributed by atoms with Crippen LogP contribution in [0.2, 0.25) is 0 Å². The predicted octanol–water partition coefficient (Wildman–Crippen LogP) is 2.16. The van der Waals surface area contributed by atoms with Crippen LogP contribution in [0.1, 0.15) is 24.5 Å². The Bertz CT molecular complexity index is 1010. The Labute approximate surface area is 191 Å². The van der Waals surface area contributed by atoms with Gasteiger partial charge in [-0.15, -0.1) is 0 Å². The molecule has 2 aromatic rings. The minimum atomic E-state index is -3.94. The van der Waals surface area contributed by atoms with Crippen LogP contribution in [0.25, 0.3) is 0 Å². The van der Waals surface area contributed by atoms with Crippen molar-refractivity contribution in [2.45, 2.75) is 32.9 Å². The van der Waals surface area contributed by atoms with Gasteiger partial charge in [-0.2, -0.15) is 12.7 Å². The van der Waals surface area contributed by atoms with E-state index in [1.54, 1.807) is 30.3 Å². The fraction of sp³-hybridized carbons (Fsp3) is 0.391. The number of hydrogen-bond acceptors (Lipinski definition) is 4. The lowest BCUT2D eigenvalue weighted by atomic mass is 10.1. The molecule has 0 saturated carbocycles. The average molecular weight is 461 g/mol. The van der Waals surface area contributed by atoms with Gasteiger partial charge in [-0.3, -0.25) is 9.59 Å². The lowest BCUT2D eigenvalue weighted by molar-refractivity contribution is -0.140. The summed E-state index contributed by atoms with van der Waals surface area (Å²) in [6.45, 7) is 3.55. The molecule has 0 radical (unpaired) electrons. The van der Waals surface area contributed by atoms with E-state index in [1.165, 1.54) is 26.0 Å². The fourth-order valence-corrected chi connectivity index (χ4v) is 4.34. The molecule has 0 saturated heterocycles. The standard InChI is InChI=1S/C23H32N4O4S/c1-6-21(23(29)24-3)26(16-19-14-12-18(2)13-15-19)22(28)17-27(32(30,31)25(4)5)20-10-8-7-9-11-20/h7-15,21H,6,16-17H2,1-5H3,(H,24,29). The number of likely N-dealkylation sites (N-methyl/N-ethyl adjacent to an activating group) is 1. The third kappa shape index (κ3) is 6.08. The van der Waals surface area contributed by atoms with Crippen molar-refractivity contribution in [3.63, 3.8) is 0 Å². The molecule has 0 aromatic heterocycles. The molecule has 0 bridgehead atoms. The normalized spacial score (nSPS) is 12.3. The molecule has 32 heavy (non-hydrogen) atoms. The Morgan fingerprint density at radius 1 is 1.00 bits per heavy atom. The van der Waals surface area contributed by atoms with Gasteiger partial charge in [-0.25, -0.2) is 4.31 Å². The monoisotopic (exact) mass is 460 g/mol. The number of amides is 2. The van der Waals surface area contributed by atoms with Crippen molar-refractivity contribution in [2.24, 2.45) is 0 Å². The van der Waals surface area contributed by atoms with Crippen LogP contribution >= 0.6 is 0 Å². The molecule has 0 heterocycles. The highest BCUT2D eigenvalue weighted by Crippen LogP contribution is 2.21. The number of para-hydroxylation sites is 1. The van der Waals surface area contributed by atoms with Gasteiger partial charge in [0.15, 0.2) is 0 Å². The van der Waals surface area contributed by atoms with Gasteiger partial charge in [0.25, 0.3) is 0 Å². The van der Waals surface area contributed by atoms with E-state index in [1.807, 2.05) is 38.1 Å².